The van der Waals surface area contributed by atoms with Crippen LogP contribution in [0.4, 0.5) is 10.5 Å². The van der Waals surface area contributed by atoms with Gasteiger partial charge in [0.05, 0.1) is 7.11 Å². The molecular formula is C19H22ClN3O2. The lowest BCUT2D eigenvalue weighted by Crippen LogP contribution is -2.49. The first-order chi connectivity index (χ1) is 12.1. The number of piperazine rings is 1. The van der Waals surface area contributed by atoms with Crippen molar-refractivity contribution in [1.82, 2.24) is 9.80 Å². The fraction of sp³-hybridized carbons (Fsp3) is 0.316. The third kappa shape index (κ3) is 4.87. The van der Waals surface area contributed by atoms with Gasteiger partial charge in [0.1, 0.15) is 5.75 Å². The highest BCUT2D eigenvalue weighted by atomic mass is 35.5. The summed E-state index contributed by atoms with van der Waals surface area (Å²) in [6.45, 7) is 3.99. The molecule has 0 unspecified atom stereocenters. The zero-order valence-electron chi connectivity index (χ0n) is 14.2. The number of benzene rings is 2. The predicted octanol–water partition coefficient (Wildman–Crippen LogP) is 3.70. The fourth-order valence-electron chi connectivity index (χ4n) is 2.87. The summed E-state index contributed by atoms with van der Waals surface area (Å²) in [6, 6.07) is 15.2. The molecule has 1 aliphatic rings. The first kappa shape index (κ1) is 17.6. The maximum Gasteiger partial charge on any atom is 0.321 e. The number of anilines is 1. The van der Waals surface area contributed by atoms with Crippen LogP contribution in [0.2, 0.25) is 5.02 Å². The molecule has 2 amide bonds. The van der Waals surface area contributed by atoms with Crippen LogP contribution < -0.4 is 10.1 Å². The number of carbonyl (C=O) groups is 1. The van der Waals surface area contributed by atoms with Gasteiger partial charge in [-0.1, -0.05) is 23.7 Å². The summed E-state index contributed by atoms with van der Waals surface area (Å²) < 4.78 is 5.27. The van der Waals surface area contributed by atoms with E-state index in [0.29, 0.717) is 18.1 Å². The molecule has 1 saturated heterocycles. The van der Waals surface area contributed by atoms with E-state index < -0.39 is 0 Å². The van der Waals surface area contributed by atoms with Gasteiger partial charge in [-0.3, -0.25) is 4.90 Å². The monoisotopic (exact) mass is 359 g/mol. The van der Waals surface area contributed by atoms with Crippen molar-refractivity contribution in [3.8, 4) is 5.75 Å². The highest BCUT2D eigenvalue weighted by Gasteiger charge is 2.21. The molecule has 6 heteroatoms. The number of hydrogen-bond donors (Lipinski definition) is 1. The lowest BCUT2D eigenvalue weighted by atomic mass is 10.2. The smallest absolute Gasteiger partial charge is 0.321 e. The van der Waals surface area contributed by atoms with Crippen LogP contribution in [-0.4, -0.2) is 49.1 Å². The van der Waals surface area contributed by atoms with Gasteiger partial charge in [0.2, 0.25) is 0 Å². The molecule has 0 spiro atoms. The van der Waals surface area contributed by atoms with Gasteiger partial charge in [-0.05, 0) is 42.0 Å². The van der Waals surface area contributed by atoms with Gasteiger partial charge in [-0.15, -0.1) is 0 Å². The molecule has 0 aromatic heterocycles. The Morgan fingerprint density at radius 3 is 2.52 bits per heavy atom. The van der Waals surface area contributed by atoms with Crippen LogP contribution in [0.15, 0.2) is 48.5 Å². The Balaban J connectivity index is 1.49. The van der Waals surface area contributed by atoms with Gasteiger partial charge in [0.15, 0.2) is 0 Å². The molecule has 1 heterocycles. The number of amides is 2. The number of urea groups is 1. The highest BCUT2D eigenvalue weighted by molar-refractivity contribution is 6.30. The van der Waals surface area contributed by atoms with Gasteiger partial charge in [0.25, 0.3) is 0 Å². The molecule has 1 N–H and O–H groups in total. The second-order valence-corrected chi connectivity index (χ2v) is 6.49. The molecular weight excluding hydrogens is 338 g/mol. The molecule has 3 rings (SSSR count). The standard InChI is InChI=1S/C19H22ClN3O2/c1-25-18-4-2-3-15(13-18)14-22-9-11-23(12-10-22)19(24)21-17-7-5-16(20)6-8-17/h2-8,13H,9-12,14H2,1H3,(H,21,24). The second-order valence-electron chi connectivity index (χ2n) is 6.05. The minimum atomic E-state index is -0.0663. The Bertz CT molecular complexity index is 713. The van der Waals surface area contributed by atoms with E-state index in [9.17, 15) is 4.79 Å². The highest BCUT2D eigenvalue weighted by Crippen LogP contribution is 2.17. The van der Waals surface area contributed by atoms with Crippen LogP contribution in [0, 0.1) is 0 Å². The van der Waals surface area contributed by atoms with Crippen molar-refractivity contribution in [2.24, 2.45) is 0 Å². The Morgan fingerprint density at radius 1 is 1.12 bits per heavy atom. The van der Waals surface area contributed by atoms with Gasteiger partial charge in [-0.2, -0.15) is 0 Å². The topological polar surface area (TPSA) is 44.8 Å². The molecule has 0 bridgehead atoms. The number of carbonyl (C=O) groups excluding carboxylic acids is 1. The van der Waals surface area contributed by atoms with Crippen molar-refractivity contribution in [3.63, 3.8) is 0 Å². The number of hydrogen-bond acceptors (Lipinski definition) is 3. The van der Waals surface area contributed by atoms with Crippen molar-refractivity contribution < 1.29 is 9.53 Å². The molecule has 132 valence electrons. The summed E-state index contributed by atoms with van der Waals surface area (Å²) in [6.07, 6.45) is 0. The molecule has 1 fully saturated rings. The van der Waals surface area contributed by atoms with Crippen LogP contribution in [0.1, 0.15) is 5.56 Å². The quantitative estimate of drug-likeness (QED) is 0.905. The number of rotatable bonds is 4. The van der Waals surface area contributed by atoms with Gasteiger partial charge in [0, 0.05) is 43.4 Å². The molecule has 0 saturated carbocycles. The Kier molecular flexibility index (Phi) is 5.79. The van der Waals surface area contributed by atoms with Gasteiger partial charge in [-0.25, -0.2) is 4.79 Å². The summed E-state index contributed by atoms with van der Waals surface area (Å²) in [4.78, 5) is 16.5. The molecule has 2 aromatic carbocycles. The van der Waals surface area contributed by atoms with E-state index in [0.717, 1.165) is 31.1 Å². The maximum absolute atomic E-state index is 12.3. The van der Waals surface area contributed by atoms with E-state index in [1.165, 1.54) is 5.56 Å². The van der Waals surface area contributed by atoms with Crippen LogP contribution in [0.5, 0.6) is 5.75 Å². The molecule has 2 aromatic rings. The zero-order valence-corrected chi connectivity index (χ0v) is 15.0. The third-order valence-corrected chi connectivity index (χ3v) is 4.55. The average Bonchev–Trinajstić information content (AvgIpc) is 2.64. The van der Waals surface area contributed by atoms with Crippen molar-refractivity contribution in [2.75, 3.05) is 38.6 Å². The van der Waals surface area contributed by atoms with Gasteiger partial charge < -0.3 is 15.0 Å². The van der Waals surface area contributed by atoms with E-state index in [-0.39, 0.29) is 6.03 Å². The second kappa shape index (κ2) is 8.23. The maximum atomic E-state index is 12.3. The van der Waals surface area contributed by atoms with Crippen molar-refractivity contribution in [2.45, 2.75) is 6.54 Å². The van der Waals surface area contributed by atoms with Crippen molar-refractivity contribution in [3.05, 3.63) is 59.1 Å². The molecule has 0 radical (unpaired) electrons. The first-order valence-corrected chi connectivity index (χ1v) is 8.68. The largest absolute Gasteiger partial charge is 0.497 e. The molecule has 25 heavy (non-hydrogen) atoms. The summed E-state index contributed by atoms with van der Waals surface area (Å²) in [7, 11) is 1.68. The van der Waals surface area contributed by atoms with Crippen molar-refractivity contribution >= 4 is 23.3 Å². The van der Waals surface area contributed by atoms with E-state index >= 15 is 0 Å². The number of methoxy groups -OCH3 is 1. The summed E-state index contributed by atoms with van der Waals surface area (Å²) in [5, 5.41) is 3.57. The predicted molar refractivity (Wildman–Crippen MR) is 100 cm³/mol. The van der Waals surface area contributed by atoms with Crippen LogP contribution in [-0.2, 0) is 6.54 Å². The van der Waals surface area contributed by atoms with E-state index in [4.69, 9.17) is 16.3 Å². The van der Waals surface area contributed by atoms with E-state index in [2.05, 4.69) is 22.3 Å². The molecule has 0 aliphatic carbocycles. The Hall–Kier alpha value is -2.24. The number of ether oxygens (including phenoxy) is 1. The fourth-order valence-corrected chi connectivity index (χ4v) is 3.00. The average molecular weight is 360 g/mol. The summed E-state index contributed by atoms with van der Waals surface area (Å²) in [5.74, 6) is 0.874. The lowest BCUT2D eigenvalue weighted by Gasteiger charge is -2.34. The number of nitrogens with one attached hydrogen (secondary N) is 1. The molecule has 5 nitrogen and oxygen atoms in total. The lowest BCUT2D eigenvalue weighted by molar-refractivity contribution is 0.143. The number of halogens is 1. The molecule has 1 aliphatic heterocycles. The first-order valence-electron chi connectivity index (χ1n) is 8.31. The third-order valence-electron chi connectivity index (χ3n) is 4.30. The van der Waals surface area contributed by atoms with Crippen LogP contribution in [0.3, 0.4) is 0 Å². The number of nitrogens with zero attached hydrogens (tertiary/aromatic N) is 2. The van der Waals surface area contributed by atoms with Crippen molar-refractivity contribution in [1.29, 1.82) is 0 Å². The zero-order chi connectivity index (χ0) is 17.6. The normalized spacial score (nSPS) is 15.0. The van der Waals surface area contributed by atoms with Gasteiger partial charge >= 0.3 is 6.03 Å². The van der Waals surface area contributed by atoms with E-state index in [1.807, 2.05) is 17.0 Å². The molecule has 0 atom stereocenters. The SMILES string of the molecule is COc1cccc(CN2CCN(C(=O)Nc3ccc(Cl)cc3)CC2)c1. The van der Waals surface area contributed by atoms with Crippen LogP contribution >= 0.6 is 11.6 Å². The Labute approximate surface area is 153 Å². The Morgan fingerprint density at radius 2 is 1.84 bits per heavy atom. The van der Waals surface area contributed by atoms with E-state index in [1.54, 1.807) is 31.4 Å². The minimum Gasteiger partial charge on any atom is -0.497 e. The summed E-state index contributed by atoms with van der Waals surface area (Å²) >= 11 is 5.86. The van der Waals surface area contributed by atoms with Crippen LogP contribution in [0.25, 0.3) is 0 Å². The minimum absolute atomic E-state index is 0.0663. The summed E-state index contributed by atoms with van der Waals surface area (Å²) in [5.41, 5.74) is 1.98.